The summed E-state index contributed by atoms with van der Waals surface area (Å²) in [5, 5.41) is 7.97. The second kappa shape index (κ2) is 7.70. The standard InChI is InChI=1S/C19H22N4/c1-15-6-4-8-17(22-15)14-20-12-5-13-21-19-11-10-16-7-2-3-9-18(16)23-19/h2-4,6-11,20H,5,12-14H2,1H3,(H,21,23). The van der Waals surface area contributed by atoms with Crippen LogP contribution in [0.4, 0.5) is 5.82 Å². The lowest BCUT2D eigenvalue weighted by Gasteiger charge is -2.08. The van der Waals surface area contributed by atoms with Gasteiger partial charge in [0.2, 0.25) is 0 Å². The molecule has 118 valence electrons. The van der Waals surface area contributed by atoms with E-state index in [9.17, 15) is 0 Å². The second-order valence-corrected chi connectivity index (χ2v) is 5.62. The molecular weight excluding hydrogens is 284 g/mol. The summed E-state index contributed by atoms with van der Waals surface area (Å²) in [5.41, 5.74) is 3.18. The predicted molar refractivity (Wildman–Crippen MR) is 95.5 cm³/mol. The monoisotopic (exact) mass is 306 g/mol. The van der Waals surface area contributed by atoms with Gasteiger partial charge in [-0.3, -0.25) is 4.98 Å². The molecule has 0 amide bonds. The Kier molecular flexibility index (Phi) is 5.17. The zero-order valence-electron chi connectivity index (χ0n) is 13.4. The van der Waals surface area contributed by atoms with Gasteiger partial charge in [0.05, 0.1) is 11.2 Å². The molecule has 4 heteroatoms. The van der Waals surface area contributed by atoms with Gasteiger partial charge in [0.15, 0.2) is 0 Å². The fraction of sp³-hybridized carbons (Fsp3) is 0.263. The molecule has 0 unspecified atom stereocenters. The molecule has 0 fully saturated rings. The molecule has 3 rings (SSSR count). The van der Waals surface area contributed by atoms with E-state index in [4.69, 9.17) is 0 Å². The number of fused-ring (bicyclic) bond motifs is 1. The molecule has 0 spiro atoms. The van der Waals surface area contributed by atoms with Crippen LogP contribution >= 0.6 is 0 Å². The van der Waals surface area contributed by atoms with Crippen LogP contribution in [0.3, 0.4) is 0 Å². The number of hydrogen-bond acceptors (Lipinski definition) is 4. The Hall–Kier alpha value is -2.46. The van der Waals surface area contributed by atoms with E-state index in [-0.39, 0.29) is 0 Å². The highest BCUT2D eigenvalue weighted by atomic mass is 15.0. The molecule has 23 heavy (non-hydrogen) atoms. The van der Waals surface area contributed by atoms with Gasteiger partial charge in [-0.1, -0.05) is 24.3 Å². The van der Waals surface area contributed by atoms with Gasteiger partial charge in [0, 0.05) is 24.2 Å². The molecule has 0 aliphatic carbocycles. The normalized spacial score (nSPS) is 10.8. The average molecular weight is 306 g/mol. The lowest BCUT2D eigenvalue weighted by molar-refractivity contribution is 0.652. The molecule has 0 aliphatic heterocycles. The van der Waals surface area contributed by atoms with E-state index in [2.05, 4.69) is 38.8 Å². The molecule has 0 saturated heterocycles. The molecule has 2 aromatic heterocycles. The molecule has 4 nitrogen and oxygen atoms in total. The molecule has 0 radical (unpaired) electrons. The van der Waals surface area contributed by atoms with Crippen LogP contribution in [0.25, 0.3) is 10.9 Å². The van der Waals surface area contributed by atoms with Crippen molar-refractivity contribution < 1.29 is 0 Å². The Morgan fingerprint density at radius 1 is 0.870 bits per heavy atom. The van der Waals surface area contributed by atoms with Gasteiger partial charge < -0.3 is 10.6 Å². The van der Waals surface area contributed by atoms with Gasteiger partial charge in [-0.15, -0.1) is 0 Å². The van der Waals surface area contributed by atoms with Crippen molar-refractivity contribution in [3.8, 4) is 0 Å². The largest absolute Gasteiger partial charge is 0.370 e. The Morgan fingerprint density at radius 2 is 1.78 bits per heavy atom. The molecule has 2 N–H and O–H groups in total. The summed E-state index contributed by atoms with van der Waals surface area (Å²) in [6, 6.07) is 18.4. The molecule has 0 aliphatic rings. The van der Waals surface area contributed by atoms with Gasteiger partial charge in [-0.05, 0) is 50.2 Å². The number of pyridine rings is 2. The number of para-hydroxylation sites is 1. The van der Waals surface area contributed by atoms with Crippen molar-refractivity contribution in [3.63, 3.8) is 0 Å². The number of nitrogens with one attached hydrogen (secondary N) is 2. The highest BCUT2D eigenvalue weighted by Gasteiger charge is 1.98. The third-order valence-electron chi connectivity index (χ3n) is 3.69. The molecule has 3 aromatic rings. The van der Waals surface area contributed by atoms with E-state index in [1.807, 2.05) is 43.3 Å². The number of benzene rings is 1. The summed E-state index contributed by atoms with van der Waals surface area (Å²) in [4.78, 5) is 9.09. The SMILES string of the molecule is Cc1cccc(CNCCCNc2ccc3ccccc3n2)n1. The quantitative estimate of drug-likeness (QED) is 0.656. The smallest absolute Gasteiger partial charge is 0.126 e. The number of anilines is 1. The maximum Gasteiger partial charge on any atom is 0.126 e. The van der Waals surface area contributed by atoms with Gasteiger partial charge in [0.1, 0.15) is 5.82 Å². The Balaban J connectivity index is 1.39. The zero-order valence-corrected chi connectivity index (χ0v) is 13.4. The first-order valence-corrected chi connectivity index (χ1v) is 8.04. The summed E-state index contributed by atoms with van der Waals surface area (Å²) in [6.07, 6.45) is 1.04. The van der Waals surface area contributed by atoms with Crippen molar-refractivity contribution in [3.05, 3.63) is 66.0 Å². The van der Waals surface area contributed by atoms with E-state index in [1.165, 1.54) is 5.39 Å². The lowest BCUT2D eigenvalue weighted by atomic mass is 10.2. The minimum absolute atomic E-state index is 0.815. The van der Waals surface area contributed by atoms with Crippen molar-refractivity contribution in [2.45, 2.75) is 19.9 Å². The van der Waals surface area contributed by atoms with Crippen LogP contribution < -0.4 is 10.6 Å². The van der Waals surface area contributed by atoms with Crippen LogP contribution in [0.1, 0.15) is 17.8 Å². The predicted octanol–water partition coefficient (Wildman–Crippen LogP) is 3.53. The summed E-state index contributed by atoms with van der Waals surface area (Å²) in [5.74, 6) is 0.934. The summed E-state index contributed by atoms with van der Waals surface area (Å²) < 4.78 is 0. The van der Waals surface area contributed by atoms with E-state index in [1.54, 1.807) is 0 Å². The van der Waals surface area contributed by atoms with Crippen LogP contribution in [-0.2, 0) is 6.54 Å². The molecule has 1 aromatic carbocycles. The molecule has 0 saturated carbocycles. The number of rotatable bonds is 7. The minimum atomic E-state index is 0.815. The Labute approximate surface area is 137 Å². The first kappa shape index (κ1) is 15.4. The number of aryl methyl sites for hydroxylation is 1. The lowest BCUT2D eigenvalue weighted by Crippen LogP contribution is -2.18. The maximum atomic E-state index is 4.61. The third kappa shape index (κ3) is 4.50. The van der Waals surface area contributed by atoms with Gasteiger partial charge in [-0.25, -0.2) is 4.98 Å². The maximum absolute atomic E-state index is 4.61. The Morgan fingerprint density at radius 3 is 2.70 bits per heavy atom. The van der Waals surface area contributed by atoms with Crippen LogP contribution in [0.15, 0.2) is 54.6 Å². The van der Waals surface area contributed by atoms with Gasteiger partial charge in [-0.2, -0.15) is 0 Å². The van der Waals surface area contributed by atoms with Crippen molar-refractivity contribution in [2.24, 2.45) is 0 Å². The molecule has 2 heterocycles. The number of nitrogens with zero attached hydrogens (tertiary/aromatic N) is 2. The van der Waals surface area contributed by atoms with E-state index in [0.29, 0.717) is 0 Å². The van der Waals surface area contributed by atoms with Crippen molar-refractivity contribution in [1.29, 1.82) is 0 Å². The van der Waals surface area contributed by atoms with Crippen molar-refractivity contribution in [1.82, 2.24) is 15.3 Å². The first-order chi connectivity index (χ1) is 11.3. The second-order valence-electron chi connectivity index (χ2n) is 5.62. The molecular formula is C19H22N4. The highest BCUT2D eigenvalue weighted by Crippen LogP contribution is 2.14. The first-order valence-electron chi connectivity index (χ1n) is 8.04. The topological polar surface area (TPSA) is 49.8 Å². The van der Waals surface area contributed by atoms with Crippen LogP contribution in [0.5, 0.6) is 0 Å². The van der Waals surface area contributed by atoms with Crippen LogP contribution in [0, 0.1) is 6.92 Å². The molecule has 0 atom stereocenters. The van der Waals surface area contributed by atoms with Gasteiger partial charge >= 0.3 is 0 Å². The summed E-state index contributed by atoms with van der Waals surface area (Å²) in [7, 11) is 0. The third-order valence-corrected chi connectivity index (χ3v) is 3.69. The van der Waals surface area contributed by atoms with Crippen molar-refractivity contribution in [2.75, 3.05) is 18.4 Å². The summed E-state index contributed by atoms with van der Waals surface area (Å²) in [6.45, 7) is 4.69. The van der Waals surface area contributed by atoms with Crippen LogP contribution in [0.2, 0.25) is 0 Å². The van der Waals surface area contributed by atoms with E-state index in [0.717, 1.165) is 48.8 Å². The van der Waals surface area contributed by atoms with E-state index >= 15 is 0 Å². The fourth-order valence-corrected chi connectivity index (χ4v) is 2.51. The number of aromatic nitrogens is 2. The average Bonchev–Trinajstić information content (AvgIpc) is 2.58. The van der Waals surface area contributed by atoms with E-state index < -0.39 is 0 Å². The zero-order chi connectivity index (χ0) is 15.9. The molecule has 0 bridgehead atoms. The highest BCUT2D eigenvalue weighted by molar-refractivity contribution is 5.79. The minimum Gasteiger partial charge on any atom is -0.370 e. The summed E-state index contributed by atoms with van der Waals surface area (Å²) >= 11 is 0. The fourth-order valence-electron chi connectivity index (χ4n) is 2.51. The van der Waals surface area contributed by atoms with Crippen LogP contribution in [-0.4, -0.2) is 23.1 Å². The number of hydrogen-bond donors (Lipinski definition) is 2. The Bertz CT molecular complexity index is 770. The van der Waals surface area contributed by atoms with Gasteiger partial charge in [0.25, 0.3) is 0 Å². The van der Waals surface area contributed by atoms with Crippen molar-refractivity contribution >= 4 is 16.7 Å².